The van der Waals surface area contributed by atoms with E-state index in [1.54, 1.807) is 11.9 Å². The van der Waals surface area contributed by atoms with Crippen LogP contribution < -0.4 is 5.32 Å². The smallest absolute Gasteiger partial charge is 0.253 e. The molecule has 4 rings (SSSR count). The zero-order valence-corrected chi connectivity index (χ0v) is 20.6. The zero-order valence-electron chi connectivity index (χ0n) is 20.6. The van der Waals surface area contributed by atoms with Crippen LogP contribution in [0.25, 0.3) is 10.9 Å². The molecule has 1 aliphatic heterocycles. The molecule has 2 amide bonds. The summed E-state index contributed by atoms with van der Waals surface area (Å²) in [5, 5.41) is 12.7. The van der Waals surface area contributed by atoms with Gasteiger partial charge in [0.2, 0.25) is 5.91 Å². The fourth-order valence-corrected chi connectivity index (χ4v) is 5.84. The van der Waals surface area contributed by atoms with E-state index in [1.165, 1.54) is 41.4 Å². The molecule has 2 N–H and O–H groups in total. The van der Waals surface area contributed by atoms with Crippen LogP contribution in [0.3, 0.4) is 0 Å². The standard InChI is InChI=1S/C27H39N3O4/c1-3-30-24-8-6-20(19-10-15-34-16-11-19)17-22(24)23-18-21(7-9-25(23)30)27(33)29(2)13-4-5-26(32)28-12-14-31/h7,9,18-20,31H,3-6,8,10-17H2,1-2H3,(H,28,32). The first-order valence-electron chi connectivity index (χ1n) is 12.9. The van der Waals surface area contributed by atoms with Gasteiger partial charge in [0.05, 0.1) is 6.61 Å². The fraction of sp³-hybridized carbons (Fsp3) is 0.630. The number of fused-ring (bicyclic) bond motifs is 3. The SMILES string of the molecule is CCn1c2c(c3cc(C(=O)N(C)CCCC(=O)NCCO)ccc31)CC(C1CCOCC1)CC2. The number of hydrogen-bond acceptors (Lipinski definition) is 4. The number of nitrogens with zero attached hydrogens (tertiary/aromatic N) is 2. The highest BCUT2D eigenvalue weighted by Gasteiger charge is 2.31. The number of nitrogens with one attached hydrogen (secondary N) is 1. The largest absolute Gasteiger partial charge is 0.395 e. The highest BCUT2D eigenvalue weighted by Crippen LogP contribution is 2.39. The molecule has 7 heteroatoms. The monoisotopic (exact) mass is 469 g/mol. The van der Waals surface area contributed by atoms with Crippen molar-refractivity contribution in [3.63, 3.8) is 0 Å². The van der Waals surface area contributed by atoms with Crippen LogP contribution in [-0.4, -0.2) is 66.3 Å². The number of aryl methyl sites for hydroxylation is 1. The molecule has 34 heavy (non-hydrogen) atoms. The summed E-state index contributed by atoms with van der Waals surface area (Å²) in [7, 11) is 1.80. The first-order valence-corrected chi connectivity index (χ1v) is 12.9. The topological polar surface area (TPSA) is 83.8 Å². The maximum Gasteiger partial charge on any atom is 0.253 e. The maximum absolute atomic E-state index is 13.2. The van der Waals surface area contributed by atoms with E-state index in [2.05, 4.69) is 28.9 Å². The summed E-state index contributed by atoms with van der Waals surface area (Å²) < 4.78 is 8.03. The summed E-state index contributed by atoms with van der Waals surface area (Å²) in [6.07, 6.45) is 6.72. The number of amides is 2. The van der Waals surface area contributed by atoms with E-state index >= 15 is 0 Å². The second-order valence-corrected chi connectivity index (χ2v) is 9.76. The molecular formula is C27H39N3O4. The van der Waals surface area contributed by atoms with Crippen LogP contribution >= 0.6 is 0 Å². The Morgan fingerprint density at radius 1 is 1.21 bits per heavy atom. The van der Waals surface area contributed by atoms with Crippen molar-refractivity contribution in [3.8, 4) is 0 Å². The van der Waals surface area contributed by atoms with Crippen molar-refractivity contribution in [3.05, 3.63) is 35.0 Å². The van der Waals surface area contributed by atoms with Crippen LogP contribution in [0.15, 0.2) is 18.2 Å². The molecule has 7 nitrogen and oxygen atoms in total. The molecule has 2 aliphatic rings. The van der Waals surface area contributed by atoms with Crippen molar-refractivity contribution in [2.75, 3.05) is 40.0 Å². The lowest BCUT2D eigenvalue weighted by molar-refractivity contribution is -0.121. The van der Waals surface area contributed by atoms with Crippen molar-refractivity contribution < 1.29 is 19.4 Å². The van der Waals surface area contributed by atoms with E-state index in [-0.39, 0.29) is 25.0 Å². The Morgan fingerprint density at radius 3 is 2.74 bits per heavy atom. The van der Waals surface area contributed by atoms with Gasteiger partial charge in [-0.15, -0.1) is 0 Å². The van der Waals surface area contributed by atoms with Gasteiger partial charge >= 0.3 is 0 Å². The number of aliphatic hydroxyl groups excluding tert-OH is 1. The number of aliphatic hydroxyl groups is 1. The average molecular weight is 470 g/mol. The van der Waals surface area contributed by atoms with E-state index in [1.807, 2.05) is 6.07 Å². The van der Waals surface area contributed by atoms with E-state index in [0.717, 1.165) is 38.5 Å². The highest BCUT2D eigenvalue weighted by atomic mass is 16.5. The van der Waals surface area contributed by atoms with Gasteiger partial charge in [-0.05, 0) is 81.0 Å². The summed E-state index contributed by atoms with van der Waals surface area (Å²) in [5.74, 6) is 1.34. The van der Waals surface area contributed by atoms with Gasteiger partial charge in [0.15, 0.2) is 0 Å². The van der Waals surface area contributed by atoms with Crippen LogP contribution in [0, 0.1) is 11.8 Å². The maximum atomic E-state index is 13.2. The Morgan fingerprint density at radius 2 is 2.00 bits per heavy atom. The number of carbonyl (C=O) groups excluding carboxylic acids is 2. The predicted octanol–water partition coefficient (Wildman–Crippen LogP) is 3.15. The number of benzene rings is 1. The number of ether oxygens (including phenoxy) is 1. The summed E-state index contributed by atoms with van der Waals surface area (Å²) in [6, 6.07) is 6.16. The van der Waals surface area contributed by atoms with Crippen molar-refractivity contribution in [2.24, 2.45) is 11.8 Å². The number of hydrogen-bond donors (Lipinski definition) is 2. The summed E-state index contributed by atoms with van der Waals surface area (Å²) >= 11 is 0. The first kappa shape index (κ1) is 24.7. The normalized spacial score (nSPS) is 18.6. The third-order valence-corrected chi connectivity index (χ3v) is 7.68. The van der Waals surface area contributed by atoms with Gasteiger partial charge in [-0.1, -0.05) is 0 Å². The van der Waals surface area contributed by atoms with Gasteiger partial charge in [0, 0.05) is 68.5 Å². The highest BCUT2D eigenvalue weighted by molar-refractivity contribution is 5.99. The molecule has 2 heterocycles. The molecule has 186 valence electrons. The number of aromatic nitrogens is 1. The third kappa shape index (κ3) is 5.31. The molecule has 0 bridgehead atoms. The second kappa shape index (κ2) is 11.4. The van der Waals surface area contributed by atoms with E-state index < -0.39 is 0 Å². The average Bonchev–Trinajstić information content (AvgIpc) is 3.19. The molecule has 1 saturated heterocycles. The lowest BCUT2D eigenvalue weighted by Crippen LogP contribution is -2.30. The molecule has 0 saturated carbocycles. The second-order valence-electron chi connectivity index (χ2n) is 9.76. The fourth-order valence-electron chi connectivity index (χ4n) is 5.84. The van der Waals surface area contributed by atoms with Crippen LogP contribution in [0.4, 0.5) is 0 Å². The molecule has 1 fully saturated rings. The Kier molecular flexibility index (Phi) is 8.27. The molecule has 1 atom stereocenters. The summed E-state index contributed by atoms with van der Waals surface area (Å²) in [6.45, 7) is 5.64. The third-order valence-electron chi connectivity index (χ3n) is 7.68. The minimum absolute atomic E-state index is 0.00699. The van der Waals surface area contributed by atoms with Crippen molar-refractivity contribution in [2.45, 2.75) is 58.4 Å². The Labute approximate surface area is 202 Å². The molecular weight excluding hydrogens is 430 g/mol. The van der Waals surface area contributed by atoms with Crippen LogP contribution in [0.1, 0.15) is 60.6 Å². The molecule has 0 spiro atoms. The van der Waals surface area contributed by atoms with Gasteiger partial charge in [0.1, 0.15) is 0 Å². The lowest BCUT2D eigenvalue weighted by Gasteiger charge is -2.33. The lowest BCUT2D eigenvalue weighted by atomic mass is 9.75. The first-order chi connectivity index (χ1) is 16.5. The Hall–Kier alpha value is -2.38. The minimum atomic E-state index is -0.0945. The van der Waals surface area contributed by atoms with E-state index in [4.69, 9.17) is 9.84 Å². The van der Waals surface area contributed by atoms with E-state index in [9.17, 15) is 9.59 Å². The molecule has 1 aromatic carbocycles. The van der Waals surface area contributed by atoms with Crippen LogP contribution in [-0.2, 0) is 28.9 Å². The van der Waals surface area contributed by atoms with Crippen LogP contribution in [0.2, 0.25) is 0 Å². The Bertz CT molecular complexity index is 1010. The molecule has 1 aliphatic carbocycles. The van der Waals surface area contributed by atoms with Gasteiger partial charge in [0.25, 0.3) is 5.91 Å². The predicted molar refractivity (Wildman–Crippen MR) is 133 cm³/mol. The molecule has 1 unspecified atom stereocenters. The van der Waals surface area contributed by atoms with Crippen molar-refractivity contribution in [1.82, 2.24) is 14.8 Å². The summed E-state index contributed by atoms with van der Waals surface area (Å²) in [5.41, 5.74) is 4.84. The summed E-state index contributed by atoms with van der Waals surface area (Å²) in [4.78, 5) is 26.6. The van der Waals surface area contributed by atoms with E-state index in [0.29, 0.717) is 30.9 Å². The quantitative estimate of drug-likeness (QED) is 0.591. The number of carbonyl (C=O) groups is 2. The molecule has 2 aromatic rings. The van der Waals surface area contributed by atoms with Gasteiger partial charge in [-0.3, -0.25) is 9.59 Å². The van der Waals surface area contributed by atoms with Crippen molar-refractivity contribution in [1.29, 1.82) is 0 Å². The van der Waals surface area contributed by atoms with Gasteiger partial charge < -0.3 is 24.6 Å². The van der Waals surface area contributed by atoms with Crippen LogP contribution in [0.5, 0.6) is 0 Å². The minimum Gasteiger partial charge on any atom is -0.395 e. The van der Waals surface area contributed by atoms with Crippen molar-refractivity contribution >= 4 is 22.7 Å². The van der Waals surface area contributed by atoms with Gasteiger partial charge in [-0.2, -0.15) is 0 Å². The van der Waals surface area contributed by atoms with Gasteiger partial charge in [-0.25, -0.2) is 0 Å². The molecule has 1 aromatic heterocycles. The number of rotatable bonds is 9. The Balaban J connectivity index is 1.49. The molecule has 0 radical (unpaired) electrons. The zero-order chi connectivity index (χ0) is 24.1.